The average Bonchev–Trinajstić information content (AvgIpc) is 3.23. The summed E-state index contributed by atoms with van der Waals surface area (Å²) < 4.78 is 29.8. The molecule has 2 N–H and O–H groups in total. The molecular weight excluding hydrogens is 380 g/mol. The predicted octanol–water partition coefficient (Wildman–Crippen LogP) is 1.54. The molecule has 0 bridgehead atoms. The molecule has 0 amide bonds. The third kappa shape index (κ3) is 3.42. The van der Waals surface area contributed by atoms with Crippen molar-refractivity contribution in [1.82, 2.24) is 29.5 Å². The first-order valence-corrected chi connectivity index (χ1v) is 9.87. The maximum atomic E-state index is 12.8. The Morgan fingerprint density at radius 1 is 1.14 bits per heavy atom. The maximum absolute atomic E-state index is 12.8. The van der Waals surface area contributed by atoms with Crippen molar-refractivity contribution in [2.45, 2.75) is 17.9 Å². The minimum atomic E-state index is -3.83. The third-order valence-corrected chi connectivity index (χ3v) is 5.87. The second kappa shape index (κ2) is 6.98. The molecule has 0 saturated heterocycles. The van der Waals surface area contributed by atoms with E-state index >= 15 is 0 Å². The van der Waals surface area contributed by atoms with Crippen LogP contribution in [0.15, 0.2) is 71.1 Å². The fourth-order valence-corrected chi connectivity index (χ4v) is 4.10. The second-order valence-electron chi connectivity index (χ2n) is 6.19. The van der Waals surface area contributed by atoms with Crippen LogP contribution in [-0.2, 0) is 10.0 Å². The van der Waals surface area contributed by atoms with Crippen LogP contribution in [0.3, 0.4) is 0 Å². The first-order valence-electron chi connectivity index (χ1n) is 8.39. The lowest BCUT2D eigenvalue weighted by Crippen LogP contribution is -2.27. The smallest absolute Gasteiger partial charge is 0.258 e. The summed E-state index contributed by atoms with van der Waals surface area (Å²) in [4.78, 5) is 22.3. The largest absolute Gasteiger partial charge is 0.313 e. The van der Waals surface area contributed by atoms with Crippen LogP contribution < -0.4 is 10.3 Å². The minimum absolute atomic E-state index is 0.00425. The number of nitrogens with zero attached hydrogens (tertiary/aromatic N) is 4. The second-order valence-corrected chi connectivity index (χ2v) is 7.90. The predicted molar refractivity (Wildman–Crippen MR) is 102 cm³/mol. The molecule has 4 rings (SSSR count). The van der Waals surface area contributed by atoms with E-state index in [0.717, 1.165) is 11.3 Å². The summed E-state index contributed by atoms with van der Waals surface area (Å²) in [7, 11) is -3.83. The van der Waals surface area contributed by atoms with Crippen LogP contribution in [0, 0.1) is 0 Å². The van der Waals surface area contributed by atoms with Crippen LogP contribution in [0.1, 0.15) is 18.5 Å². The summed E-state index contributed by atoms with van der Waals surface area (Å²) >= 11 is 0. The van der Waals surface area contributed by atoms with Gasteiger partial charge >= 0.3 is 0 Å². The number of benzene rings is 2. The Bertz CT molecular complexity index is 1280. The number of fused-ring (bicyclic) bond motifs is 1. The fraction of sp³-hybridized carbons (Fsp3) is 0.111. The summed E-state index contributed by atoms with van der Waals surface area (Å²) in [5.74, 6) is 0. The maximum Gasteiger partial charge on any atom is 0.258 e. The van der Waals surface area contributed by atoms with Gasteiger partial charge in [0, 0.05) is 6.04 Å². The highest BCUT2D eigenvalue weighted by Crippen LogP contribution is 2.20. The lowest BCUT2D eigenvalue weighted by atomic mass is 10.1. The van der Waals surface area contributed by atoms with Crippen molar-refractivity contribution in [2.75, 3.05) is 0 Å². The van der Waals surface area contributed by atoms with Crippen molar-refractivity contribution in [3.8, 4) is 5.69 Å². The molecule has 0 spiro atoms. The van der Waals surface area contributed by atoms with E-state index in [9.17, 15) is 13.2 Å². The van der Waals surface area contributed by atoms with Crippen LogP contribution in [0.25, 0.3) is 16.6 Å². The van der Waals surface area contributed by atoms with Gasteiger partial charge in [0.1, 0.15) is 12.7 Å². The molecule has 4 aromatic rings. The summed E-state index contributed by atoms with van der Waals surface area (Å²) in [6.45, 7) is 1.75. The van der Waals surface area contributed by atoms with Gasteiger partial charge in [-0.2, -0.15) is 5.10 Å². The number of hydrogen-bond acceptors (Lipinski definition) is 6. The molecule has 28 heavy (non-hydrogen) atoms. The number of sulfonamides is 1. The third-order valence-electron chi connectivity index (χ3n) is 4.33. The van der Waals surface area contributed by atoms with E-state index in [4.69, 9.17) is 0 Å². The molecule has 0 fully saturated rings. The van der Waals surface area contributed by atoms with Crippen molar-refractivity contribution in [1.29, 1.82) is 0 Å². The first-order chi connectivity index (χ1) is 13.4. The molecule has 9 nitrogen and oxygen atoms in total. The number of nitrogens with one attached hydrogen (secondary N) is 2. The Morgan fingerprint density at radius 2 is 1.93 bits per heavy atom. The van der Waals surface area contributed by atoms with Crippen molar-refractivity contribution in [3.63, 3.8) is 0 Å². The minimum Gasteiger partial charge on any atom is -0.313 e. The van der Waals surface area contributed by atoms with Crippen molar-refractivity contribution in [3.05, 3.63) is 77.4 Å². The van der Waals surface area contributed by atoms with Crippen molar-refractivity contribution < 1.29 is 8.42 Å². The van der Waals surface area contributed by atoms with Gasteiger partial charge in [0.2, 0.25) is 10.0 Å². The Kier molecular flexibility index (Phi) is 4.49. The number of rotatable bonds is 5. The highest BCUT2D eigenvalue weighted by Gasteiger charge is 2.19. The molecule has 10 heteroatoms. The van der Waals surface area contributed by atoms with E-state index in [2.05, 4.69) is 24.8 Å². The van der Waals surface area contributed by atoms with Gasteiger partial charge in [0.05, 0.1) is 27.8 Å². The number of H-pyrrole nitrogens is 1. The zero-order valence-corrected chi connectivity index (χ0v) is 15.6. The van der Waals surface area contributed by atoms with Crippen LogP contribution in [0.5, 0.6) is 0 Å². The molecule has 0 saturated carbocycles. The molecule has 1 unspecified atom stereocenters. The Morgan fingerprint density at radius 3 is 2.64 bits per heavy atom. The molecule has 142 valence electrons. The van der Waals surface area contributed by atoms with Gasteiger partial charge < -0.3 is 4.98 Å². The van der Waals surface area contributed by atoms with Crippen LogP contribution >= 0.6 is 0 Å². The average molecular weight is 396 g/mol. The lowest BCUT2D eigenvalue weighted by Gasteiger charge is -2.15. The quantitative estimate of drug-likeness (QED) is 0.528. The van der Waals surface area contributed by atoms with E-state index < -0.39 is 21.6 Å². The summed E-state index contributed by atoms with van der Waals surface area (Å²) in [5.41, 5.74) is 1.64. The van der Waals surface area contributed by atoms with Gasteiger partial charge in [-0.1, -0.05) is 12.1 Å². The van der Waals surface area contributed by atoms with Crippen molar-refractivity contribution >= 4 is 20.9 Å². The van der Waals surface area contributed by atoms with Gasteiger partial charge in [-0.3, -0.25) is 4.79 Å². The fourth-order valence-electron chi connectivity index (χ4n) is 2.84. The summed E-state index contributed by atoms with van der Waals surface area (Å²) in [5, 5.41) is 4.27. The zero-order chi connectivity index (χ0) is 19.7. The number of aromatic amines is 1. The van der Waals surface area contributed by atoms with Gasteiger partial charge in [-0.25, -0.2) is 27.8 Å². The molecular formula is C18H16N6O3S. The zero-order valence-electron chi connectivity index (χ0n) is 14.8. The number of hydrogen-bond donors (Lipinski definition) is 2. The van der Waals surface area contributed by atoms with Crippen LogP contribution in [0.4, 0.5) is 0 Å². The molecule has 1 atom stereocenters. The highest BCUT2D eigenvalue weighted by molar-refractivity contribution is 7.89. The Hall–Kier alpha value is -3.37. The van der Waals surface area contributed by atoms with Gasteiger partial charge in [-0.15, -0.1) is 0 Å². The van der Waals surface area contributed by atoms with E-state index in [-0.39, 0.29) is 10.3 Å². The van der Waals surface area contributed by atoms with Crippen molar-refractivity contribution in [2.24, 2.45) is 0 Å². The molecule has 2 aromatic carbocycles. The van der Waals surface area contributed by atoms with Gasteiger partial charge in [0.15, 0.2) is 0 Å². The first kappa shape index (κ1) is 18.0. The van der Waals surface area contributed by atoms with Gasteiger partial charge in [-0.05, 0) is 42.8 Å². The van der Waals surface area contributed by atoms with E-state index in [1.165, 1.54) is 30.9 Å². The van der Waals surface area contributed by atoms with Crippen LogP contribution in [0.2, 0.25) is 0 Å². The molecule has 2 heterocycles. The van der Waals surface area contributed by atoms with E-state index in [1.54, 1.807) is 17.9 Å². The Balaban J connectivity index is 1.59. The standard InChI is InChI=1S/C18H16N6O3S/c1-12(13-2-4-14(5-3-13)24-11-19-9-22-24)23-28(26,27)15-6-7-17-16(8-15)18(25)21-10-20-17/h2-12,23H,1H3,(H,20,21,25). The summed E-state index contributed by atoms with van der Waals surface area (Å²) in [6, 6.07) is 11.1. The molecule has 0 aliphatic carbocycles. The topological polar surface area (TPSA) is 123 Å². The highest BCUT2D eigenvalue weighted by atomic mass is 32.2. The number of aromatic nitrogens is 5. The van der Waals surface area contributed by atoms with Gasteiger partial charge in [0.25, 0.3) is 5.56 Å². The Labute approximate surface area is 160 Å². The molecule has 0 aliphatic rings. The normalized spacial score (nSPS) is 12.9. The lowest BCUT2D eigenvalue weighted by molar-refractivity contribution is 0.567. The monoisotopic (exact) mass is 396 g/mol. The van der Waals surface area contributed by atoms with E-state index in [0.29, 0.717) is 5.52 Å². The molecule has 0 aliphatic heterocycles. The summed E-state index contributed by atoms with van der Waals surface area (Å²) in [6.07, 6.45) is 4.30. The molecule has 2 aromatic heterocycles. The molecule has 0 radical (unpaired) electrons. The van der Waals surface area contributed by atoms with E-state index in [1.807, 2.05) is 24.3 Å². The SMILES string of the molecule is CC(NS(=O)(=O)c1ccc2nc[nH]c(=O)c2c1)c1ccc(-n2cncn2)cc1. The van der Waals surface area contributed by atoms with Crippen LogP contribution in [-0.4, -0.2) is 33.2 Å².